The van der Waals surface area contributed by atoms with Gasteiger partial charge in [0.25, 0.3) is 5.91 Å². The van der Waals surface area contributed by atoms with Crippen LogP contribution in [0.25, 0.3) is 11.3 Å². The minimum atomic E-state index is -0.232. The molecule has 0 atom stereocenters. The van der Waals surface area contributed by atoms with Crippen molar-refractivity contribution in [1.82, 2.24) is 5.43 Å². The number of hydrazone groups is 1. The first-order valence-electron chi connectivity index (χ1n) is 8.09. The standard InChI is InChI=1S/C20H18BrN3O2/c1-14-4-2-3-5-18(14)22-13-20(25)24-23-12-17-10-11-19(26-17)15-6-8-16(21)9-7-15/h2-12,22H,13H2,1H3,(H,24,25)/b23-12+. The van der Waals surface area contributed by atoms with Crippen LogP contribution in [0.15, 0.2) is 74.7 Å². The van der Waals surface area contributed by atoms with E-state index in [1.807, 2.05) is 61.5 Å². The highest BCUT2D eigenvalue weighted by atomic mass is 79.9. The summed E-state index contributed by atoms with van der Waals surface area (Å²) in [6.07, 6.45) is 1.48. The van der Waals surface area contributed by atoms with Gasteiger partial charge < -0.3 is 9.73 Å². The zero-order valence-electron chi connectivity index (χ0n) is 14.2. The third-order valence-corrected chi connectivity index (χ3v) is 4.25. The Hall–Kier alpha value is -2.86. The Morgan fingerprint density at radius 3 is 2.65 bits per heavy atom. The van der Waals surface area contributed by atoms with Gasteiger partial charge in [-0.2, -0.15) is 5.10 Å². The number of nitrogens with one attached hydrogen (secondary N) is 2. The van der Waals surface area contributed by atoms with Crippen molar-refractivity contribution < 1.29 is 9.21 Å². The summed E-state index contributed by atoms with van der Waals surface area (Å²) in [4.78, 5) is 11.9. The molecule has 0 aliphatic heterocycles. The monoisotopic (exact) mass is 411 g/mol. The summed E-state index contributed by atoms with van der Waals surface area (Å²) < 4.78 is 6.72. The number of rotatable bonds is 6. The van der Waals surface area contributed by atoms with Crippen molar-refractivity contribution in [3.05, 3.63) is 76.5 Å². The molecular weight excluding hydrogens is 394 g/mol. The maximum atomic E-state index is 11.9. The first-order valence-corrected chi connectivity index (χ1v) is 8.88. The number of para-hydroxylation sites is 1. The summed E-state index contributed by atoms with van der Waals surface area (Å²) >= 11 is 3.41. The van der Waals surface area contributed by atoms with Gasteiger partial charge in [-0.15, -0.1) is 0 Å². The molecule has 2 aromatic carbocycles. The molecule has 5 nitrogen and oxygen atoms in total. The molecule has 132 valence electrons. The summed E-state index contributed by atoms with van der Waals surface area (Å²) in [6.45, 7) is 2.13. The molecule has 1 amide bonds. The lowest BCUT2D eigenvalue weighted by Crippen LogP contribution is -2.26. The van der Waals surface area contributed by atoms with E-state index in [1.165, 1.54) is 6.21 Å². The fourth-order valence-corrected chi connectivity index (χ4v) is 2.61. The van der Waals surface area contributed by atoms with Gasteiger partial charge in [-0.1, -0.05) is 46.3 Å². The van der Waals surface area contributed by atoms with Crippen molar-refractivity contribution in [2.75, 3.05) is 11.9 Å². The SMILES string of the molecule is Cc1ccccc1NCC(=O)N/N=C/c1ccc(-c2ccc(Br)cc2)o1. The molecule has 0 spiro atoms. The zero-order chi connectivity index (χ0) is 18.4. The maximum absolute atomic E-state index is 11.9. The lowest BCUT2D eigenvalue weighted by Gasteiger charge is -2.07. The zero-order valence-corrected chi connectivity index (χ0v) is 15.8. The molecule has 0 saturated heterocycles. The van der Waals surface area contributed by atoms with E-state index in [9.17, 15) is 4.79 Å². The van der Waals surface area contributed by atoms with Gasteiger partial charge in [-0.3, -0.25) is 4.79 Å². The van der Waals surface area contributed by atoms with Gasteiger partial charge in [0.2, 0.25) is 0 Å². The second kappa shape index (κ2) is 8.49. The summed E-state index contributed by atoms with van der Waals surface area (Å²) in [6, 6.07) is 19.3. The molecule has 1 heterocycles. The van der Waals surface area contributed by atoms with E-state index in [0.29, 0.717) is 5.76 Å². The predicted molar refractivity (Wildman–Crippen MR) is 107 cm³/mol. The first kappa shape index (κ1) is 17.9. The molecule has 0 aliphatic rings. The van der Waals surface area contributed by atoms with E-state index in [4.69, 9.17) is 4.42 Å². The minimum Gasteiger partial charge on any atom is -0.455 e. The largest absolute Gasteiger partial charge is 0.455 e. The number of nitrogens with zero attached hydrogens (tertiary/aromatic N) is 1. The number of halogens is 1. The lowest BCUT2D eigenvalue weighted by atomic mass is 10.2. The highest BCUT2D eigenvalue weighted by molar-refractivity contribution is 9.10. The number of furan rings is 1. The Morgan fingerprint density at radius 2 is 1.88 bits per heavy atom. The summed E-state index contributed by atoms with van der Waals surface area (Å²) in [5, 5.41) is 7.01. The van der Waals surface area contributed by atoms with Gasteiger partial charge in [-0.05, 0) is 42.8 Å². The molecule has 6 heteroatoms. The molecule has 0 unspecified atom stereocenters. The number of aryl methyl sites for hydroxylation is 1. The molecule has 2 N–H and O–H groups in total. The van der Waals surface area contributed by atoms with E-state index in [0.717, 1.165) is 27.0 Å². The van der Waals surface area contributed by atoms with Gasteiger partial charge >= 0.3 is 0 Å². The normalized spacial score (nSPS) is 10.8. The second-order valence-electron chi connectivity index (χ2n) is 5.67. The van der Waals surface area contributed by atoms with Crippen LogP contribution in [-0.4, -0.2) is 18.7 Å². The third-order valence-electron chi connectivity index (χ3n) is 3.72. The quantitative estimate of drug-likeness (QED) is 0.460. The van der Waals surface area contributed by atoms with Crippen molar-refractivity contribution in [3.63, 3.8) is 0 Å². The van der Waals surface area contributed by atoms with E-state index >= 15 is 0 Å². The summed E-state index contributed by atoms with van der Waals surface area (Å²) in [5.74, 6) is 1.07. The number of carbonyl (C=O) groups is 1. The van der Waals surface area contributed by atoms with Crippen molar-refractivity contribution in [2.45, 2.75) is 6.92 Å². The molecule has 1 aromatic heterocycles. The molecule has 0 aliphatic carbocycles. The van der Waals surface area contributed by atoms with Crippen LogP contribution < -0.4 is 10.7 Å². The van der Waals surface area contributed by atoms with E-state index in [1.54, 1.807) is 6.07 Å². The van der Waals surface area contributed by atoms with Gasteiger partial charge in [0, 0.05) is 15.7 Å². The van der Waals surface area contributed by atoms with Gasteiger partial charge in [0.15, 0.2) is 0 Å². The molecule has 0 fully saturated rings. The van der Waals surface area contributed by atoms with Crippen LogP contribution in [0.3, 0.4) is 0 Å². The lowest BCUT2D eigenvalue weighted by molar-refractivity contribution is -0.119. The smallest absolute Gasteiger partial charge is 0.259 e. The van der Waals surface area contributed by atoms with Crippen LogP contribution in [-0.2, 0) is 4.79 Å². The molecule has 0 saturated carbocycles. The first-order chi connectivity index (χ1) is 12.6. The molecular formula is C20H18BrN3O2. The van der Waals surface area contributed by atoms with E-state index < -0.39 is 0 Å². The van der Waals surface area contributed by atoms with Crippen molar-refractivity contribution in [3.8, 4) is 11.3 Å². The molecule has 0 bridgehead atoms. The number of hydrogen-bond acceptors (Lipinski definition) is 4. The number of benzene rings is 2. The van der Waals surface area contributed by atoms with Crippen molar-refractivity contribution in [2.24, 2.45) is 5.10 Å². The average Bonchev–Trinajstić information content (AvgIpc) is 3.10. The van der Waals surface area contributed by atoms with Gasteiger partial charge in [0.1, 0.15) is 11.5 Å². The van der Waals surface area contributed by atoms with Gasteiger partial charge in [0.05, 0.1) is 12.8 Å². The Bertz CT molecular complexity index is 917. The van der Waals surface area contributed by atoms with E-state index in [-0.39, 0.29) is 12.5 Å². The topological polar surface area (TPSA) is 66.6 Å². The average molecular weight is 412 g/mol. The highest BCUT2D eigenvalue weighted by Crippen LogP contribution is 2.23. The maximum Gasteiger partial charge on any atom is 0.259 e. The van der Waals surface area contributed by atoms with Crippen LogP contribution in [0.1, 0.15) is 11.3 Å². The van der Waals surface area contributed by atoms with Gasteiger partial charge in [-0.25, -0.2) is 5.43 Å². The second-order valence-corrected chi connectivity index (χ2v) is 6.59. The molecule has 3 rings (SSSR count). The molecule has 0 radical (unpaired) electrons. The van der Waals surface area contributed by atoms with Crippen molar-refractivity contribution in [1.29, 1.82) is 0 Å². The highest BCUT2D eigenvalue weighted by Gasteiger charge is 2.04. The Kier molecular flexibility index (Phi) is 5.86. The number of hydrogen-bond donors (Lipinski definition) is 2. The molecule has 3 aromatic rings. The predicted octanol–water partition coefficient (Wildman–Crippen LogP) is 4.58. The summed E-state index contributed by atoms with van der Waals surface area (Å²) in [5.41, 5.74) is 5.46. The Balaban J connectivity index is 1.51. The fraction of sp³-hybridized carbons (Fsp3) is 0.100. The van der Waals surface area contributed by atoms with Crippen molar-refractivity contribution >= 4 is 33.7 Å². The number of anilines is 1. The van der Waals surface area contributed by atoms with Crippen LogP contribution >= 0.6 is 15.9 Å². The third kappa shape index (κ3) is 4.83. The minimum absolute atomic E-state index is 0.143. The van der Waals surface area contributed by atoms with E-state index in [2.05, 4.69) is 31.8 Å². The van der Waals surface area contributed by atoms with Crippen LogP contribution in [0.5, 0.6) is 0 Å². The molecule has 26 heavy (non-hydrogen) atoms. The Morgan fingerprint density at radius 1 is 1.12 bits per heavy atom. The van der Waals surface area contributed by atoms with Crippen LogP contribution in [0.2, 0.25) is 0 Å². The number of carbonyl (C=O) groups excluding carboxylic acids is 1. The Labute approximate surface area is 160 Å². The fourth-order valence-electron chi connectivity index (χ4n) is 2.35. The van der Waals surface area contributed by atoms with Crippen LogP contribution in [0.4, 0.5) is 5.69 Å². The van der Waals surface area contributed by atoms with Crippen LogP contribution in [0, 0.1) is 6.92 Å². The number of amides is 1. The summed E-state index contributed by atoms with van der Waals surface area (Å²) in [7, 11) is 0.